The van der Waals surface area contributed by atoms with Crippen LogP contribution in [0.25, 0.3) is 22.0 Å². The highest BCUT2D eigenvalue weighted by Crippen LogP contribution is 2.41. The fourth-order valence-electron chi connectivity index (χ4n) is 7.69. The van der Waals surface area contributed by atoms with Crippen LogP contribution < -0.4 is 10.1 Å². The molecule has 0 radical (unpaired) electrons. The fourth-order valence-corrected chi connectivity index (χ4v) is 13.8. The van der Waals surface area contributed by atoms with Gasteiger partial charge in [-0.2, -0.15) is 15.3 Å². The number of hydrogen-bond donors (Lipinski definition) is 1. The first-order valence-electron chi connectivity index (χ1n) is 17.5. The van der Waals surface area contributed by atoms with Crippen LogP contribution in [0.3, 0.4) is 0 Å². The van der Waals surface area contributed by atoms with Crippen molar-refractivity contribution in [1.29, 1.82) is 0 Å². The first-order chi connectivity index (χ1) is 22.8. The number of benzene rings is 1. The van der Waals surface area contributed by atoms with Crippen LogP contribution in [0.5, 0.6) is 5.88 Å². The molecule has 11 heteroatoms. The van der Waals surface area contributed by atoms with Crippen LogP contribution in [0.2, 0.25) is 16.6 Å². The van der Waals surface area contributed by atoms with Gasteiger partial charge >= 0.3 is 0 Å². The van der Waals surface area contributed by atoms with E-state index in [1.807, 2.05) is 36.6 Å². The van der Waals surface area contributed by atoms with Gasteiger partial charge in [-0.05, 0) is 96.9 Å². The highest BCUT2D eigenvalue weighted by Gasteiger charge is 2.42. The molecule has 1 aromatic carbocycles. The maximum atomic E-state index is 6.59. The Balaban J connectivity index is 1.48. The third kappa shape index (κ3) is 7.14. The van der Waals surface area contributed by atoms with Crippen LogP contribution in [-0.2, 0) is 18.8 Å². The van der Waals surface area contributed by atoms with Crippen molar-refractivity contribution in [3.05, 3.63) is 45.0 Å². The molecular formula is C37H54IN7O2Si. The minimum atomic E-state index is -1.96. The van der Waals surface area contributed by atoms with Gasteiger partial charge in [-0.25, -0.2) is 9.36 Å². The summed E-state index contributed by atoms with van der Waals surface area (Å²) in [4.78, 5) is 0. The van der Waals surface area contributed by atoms with Gasteiger partial charge in [0.2, 0.25) is 5.88 Å². The molecule has 0 spiro atoms. The van der Waals surface area contributed by atoms with Crippen LogP contribution in [-0.4, -0.2) is 56.7 Å². The van der Waals surface area contributed by atoms with Gasteiger partial charge < -0.3 is 14.8 Å². The lowest BCUT2D eigenvalue weighted by Gasteiger charge is -2.38. The van der Waals surface area contributed by atoms with Crippen molar-refractivity contribution in [1.82, 2.24) is 34.7 Å². The summed E-state index contributed by atoms with van der Waals surface area (Å²) >= 11 is 2.38. The molecule has 3 atom stereocenters. The molecule has 1 aliphatic heterocycles. The molecule has 3 unspecified atom stereocenters. The zero-order valence-electron chi connectivity index (χ0n) is 30.7. The molecule has 0 amide bonds. The summed E-state index contributed by atoms with van der Waals surface area (Å²) in [5, 5.41) is 19.1. The van der Waals surface area contributed by atoms with Gasteiger partial charge in [-0.15, -0.1) is 5.54 Å². The van der Waals surface area contributed by atoms with Gasteiger partial charge in [0, 0.05) is 38.7 Å². The second-order valence-electron chi connectivity index (χ2n) is 14.4. The van der Waals surface area contributed by atoms with Crippen LogP contribution in [0.15, 0.2) is 24.4 Å². The molecule has 0 bridgehead atoms. The van der Waals surface area contributed by atoms with E-state index in [0.717, 1.165) is 65.2 Å². The lowest BCUT2D eigenvalue weighted by atomic mass is 10.1. The molecule has 4 heterocycles. The number of fused-ring (bicyclic) bond motifs is 1. The zero-order valence-corrected chi connectivity index (χ0v) is 33.8. The number of hydrogen-bond acceptors (Lipinski definition) is 6. The van der Waals surface area contributed by atoms with Gasteiger partial charge in [0.15, 0.2) is 6.23 Å². The highest BCUT2D eigenvalue weighted by molar-refractivity contribution is 14.1. The van der Waals surface area contributed by atoms with E-state index in [1.54, 1.807) is 0 Å². The zero-order chi connectivity index (χ0) is 34.9. The molecule has 1 aliphatic rings. The molecular weight excluding hydrogens is 729 g/mol. The Morgan fingerprint density at radius 2 is 1.73 bits per heavy atom. The second-order valence-corrected chi connectivity index (χ2v) is 21.1. The van der Waals surface area contributed by atoms with Gasteiger partial charge in [0.25, 0.3) is 0 Å². The van der Waals surface area contributed by atoms with E-state index in [9.17, 15) is 0 Å². The van der Waals surface area contributed by atoms with E-state index in [2.05, 4.69) is 128 Å². The van der Waals surface area contributed by atoms with Crippen molar-refractivity contribution in [3.8, 4) is 28.5 Å². The quantitative estimate of drug-likeness (QED) is 0.0935. The van der Waals surface area contributed by atoms with E-state index in [-0.39, 0.29) is 18.4 Å². The SMILES string of the molecule is Cc1nn(C)c(C(C)NCC(C)Oc2c(-c3ccc4c(c3)c(C#C[Si](C(C)C)(C(C)C)C(C)C)nn4C3CCCCO3)cnn2C)c1I. The number of aromatic nitrogens is 6. The first-order valence-corrected chi connectivity index (χ1v) is 20.9. The van der Waals surface area contributed by atoms with Gasteiger partial charge in [0.1, 0.15) is 19.9 Å². The maximum Gasteiger partial charge on any atom is 0.219 e. The van der Waals surface area contributed by atoms with Gasteiger partial charge in [-0.1, -0.05) is 53.5 Å². The predicted octanol–water partition coefficient (Wildman–Crippen LogP) is 8.47. The molecule has 3 aromatic heterocycles. The smallest absolute Gasteiger partial charge is 0.219 e. The lowest BCUT2D eigenvalue weighted by Crippen LogP contribution is -2.43. The molecule has 4 aromatic rings. The number of rotatable bonds is 11. The molecule has 0 aliphatic carbocycles. The number of halogens is 1. The fraction of sp³-hybridized carbons (Fsp3) is 0.595. The van der Waals surface area contributed by atoms with Crippen molar-refractivity contribution < 1.29 is 9.47 Å². The summed E-state index contributed by atoms with van der Waals surface area (Å²) in [5.74, 6) is 4.41. The number of nitrogens with zero attached hydrogens (tertiary/aromatic N) is 6. The number of aryl methyl sites for hydroxylation is 3. The van der Waals surface area contributed by atoms with E-state index in [0.29, 0.717) is 23.2 Å². The summed E-state index contributed by atoms with van der Waals surface area (Å²) in [6.45, 7) is 21.9. The molecule has 5 rings (SSSR count). The monoisotopic (exact) mass is 783 g/mol. The van der Waals surface area contributed by atoms with Crippen molar-refractivity contribution in [2.45, 2.75) is 117 Å². The topological polar surface area (TPSA) is 83.9 Å². The van der Waals surface area contributed by atoms with Crippen molar-refractivity contribution in [2.24, 2.45) is 14.1 Å². The van der Waals surface area contributed by atoms with Crippen LogP contribution in [0, 0.1) is 22.0 Å². The summed E-state index contributed by atoms with van der Waals surface area (Å²) in [6, 6.07) is 6.67. The van der Waals surface area contributed by atoms with Crippen LogP contribution in [0.1, 0.15) is 104 Å². The predicted molar refractivity (Wildman–Crippen MR) is 206 cm³/mol. The Morgan fingerprint density at radius 3 is 2.33 bits per heavy atom. The van der Waals surface area contributed by atoms with Crippen molar-refractivity contribution >= 4 is 41.6 Å². The minimum absolute atomic E-state index is 0.0727. The largest absolute Gasteiger partial charge is 0.473 e. The molecule has 48 heavy (non-hydrogen) atoms. The van der Waals surface area contributed by atoms with Crippen LogP contribution >= 0.6 is 22.6 Å². The minimum Gasteiger partial charge on any atom is -0.473 e. The number of nitrogens with one attached hydrogen (secondary N) is 1. The molecule has 0 saturated carbocycles. The third-order valence-electron chi connectivity index (χ3n) is 10.2. The Morgan fingerprint density at radius 1 is 1.02 bits per heavy atom. The standard InChI is InChI=1S/C37H54IN7O2Si/c1-23(2)48(24(3)4,25(5)6)19-17-32-30-20-29(15-16-33(30)45(42-32)34-14-12-13-18-46-34)31-22-40-44(11)37(31)47-26(7)21-39-28(9)36-35(38)27(8)41-43(36)10/h15-16,20,22-26,28,34,39H,12-14,18,21H2,1-11H3. The Bertz CT molecular complexity index is 1770. The number of ether oxygens (including phenoxy) is 2. The van der Waals surface area contributed by atoms with E-state index < -0.39 is 8.07 Å². The lowest BCUT2D eigenvalue weighted by molar-refractivity contribution is -0.0367. The summed E-state index contributed by atoms with van der Waals surface area (Å²) < 4.78 is 19.9. The molecule has 1 fully saturated rings. The average molecular weight is 784 g/mol. The normalized spacial score (nSPS) is 16.9. The average Bonchev–Trinajstić information content (AvgIpc) is 3.67. The highest BCUT2D eigenvalue weighted by atomic mass is 127. The molecule has 260 valence electrons. The maximum absolute atomic E-state index is 6.59. The summed E-state index contributed by atoms with van der Waals surface area (Å²) in [5.41, 5.74) is 11.7. The Labute approximate surface area is 301 Å². The van der Waals surface area contributed by atoms with E-state index in [1.165, 1.54) is 9.26 Å². The molecule has 9 nitrogen and oxygen atoms in total. The van der Waals surface area contributed by atoms with E-state index in [4.69, 9.17) is 14.6 Å². The second kappa shape index (κ2) is 15.1. The first kappa shape index (κ1) is 36.6. The molecule has 1 saturated heterocycles. The van der Waals surface area contributed by atoms with Crippen molar-refractivity contribution in [2.75, 3.05) is 13.2 Å². The Hall–Kier alpha value is -2.66. The van der Waals surface area contributed by atoms with E-state index >= 15 is 0 Å². The summed E-state index contributed by atoms with van der Waals surface area (Å²) in [6.07, 6.45) is 4.92. The van der Waals surface area contributed by atoms with Crippen molar-refractivity contribution in [3.63, 3.8) is 0 Å². The summed E-state index contributed by atoms with van der Waals surface area (Å²) in [7, 11) is 1.98. The molecule has 1 N–H and O–H groups in total. The third-order valence-corrected chi connectivity index (χ3v) is 17.8. The Kier molecular flexibility index (Phi) is 11.5. The van der Waals surface area contributed by atoms with Crippen LogP contribution in [0.4, 0.5) is 0 Å². The van der Waals surface area contributed by atoms with Gasteiger partial charge in [-0.3, -0.25) is 4.68 Å². The van der Waals surface area contributed by atoms with Gasteiger partial charge in [0.05, 0.1) is 32.2 Å².